The first-order chi connectivity index (χ1) is 11.9. The summed E-state index contributed by atoms with van der Waals surface area (Å²) in [6.45, 7) is 1.92. The van der Waals surface area contributed by atoms with Crippen LogP contribution in [0.25, 0.3) is 0 Å². The SMILES string of the molecule is CCCOS(=O)(=O)c1ccc(NC(=O)CC(=O)c2ccccc2)cc1. The van der Waals surface area contributed by atoms with Gasteiger partial charge >= 0.3 is 0 Å². The zero-order chi connectivity index (χ0) is 18.3. The minimum absolute atomic E-state index is 0.0133. The second kappa shape index (κ2) is 8.55. The Labute approximate surface area is 146 Å². The largest absolute Gasteiger partial charge is 0.326 e. The van der Waals surface area contributed by atoms with E-state index in [0.29, 0.717) is 17.7 Å². The summed E-state index contributed by atoms with van der Waals surface area (Å²) in [7, 11) is -3.79. The molecule has 2 rings (SSSR count). The molecular weight excluding hydrogens is 342 g/mol. The Balaban J connectivity index is 1.97. The van der Waals surface area contributed by atoms with Gasteiger partial charge in [0.25, 0.3) is 10.1 Å². The summed E-state index contributed by atoms with van der Waals surface area (Å²) in [5.41, 5.74) is 0.868. The van der Waals surface area contributed by atoms with Crippen molar-refractivity contribution in [2.45, 2.75) is 24.7 Å². The van der Waals surface area contributed by atoms with Gasteiger partial charge < -0.3 is 5.32 Å². The number of carbonyl (C=O) groups excluding carboxylic acids is 2. The average Bonchev–Trinajstić information content (AvgIpc) is 2.61. The van der Waals surface area contributed by atoms with Crippen LogP contribution in [0.1, 0.15) is 30.1 Å². The molecule has 0 atom stereocenters. The van der Waals surface area contributed by atoms with E-state index in [1.165, 1.54) is 24.3 Å². The molecule has 0 bridgehead atoms. The zero-order valence-electron chi connectivity index (χ0n) is 13.8. The lowest BCUT2D eigenvalue weighted by molar-refractivity contribution is -0.115. The van der Waals surface area contributed by atoms with Gasteiger partial charge in [0.15, 0.2) is 5.78 Å². The number of carbonyl (C=O) groups is 2. The monoisotopic (exact) mass is 361 g/mol. The summed E-state index contributed by atoms with van der Waals surface area (Å²) in [5.74, 6) is -0.753. The van der Waals surface area contributed by atoms with E-state index in [4.69, 9.17) is 4.18 Å². The predicted octanol–water partition coefficient (Wildman–Crippen LogP) is 3.01. The maximum atomic E-state index is 12.0. The third kappa shape index (κ3) is 5.51. The van der Waals surface area contributed by atoms with E-state index in [2.05, 4.69) is 5.32 Å². The van der Waals surface area contributed by atoms with Crippen LogP contribution in [0.4, 0.5) is 5.69 Å². The van der Waals surface area contributed by atoms with Crippen LogP contribution in [0.5, 0.6) is 0 Å². The van der Waals surface area contributed by atoms with Crippen molar-refractivity contribution in [3.63, 3.8) is 0 Å². The Hall–Kier alpha value is -2.51. The lowest BCUT2D eigenvalue weighted by atomic mass is 10.1. The summed E-state index contributed by atoms with van der Waals surface area (Å²) in [5, 5.41) is 2.57. The second-order valence-corrected chi connectivity index (χ2v) is 6.93. The van der Waals surface area contributed by atoms with Crippen molar-refractivity contribution in [3.05, 3.63) is 60.2 Å². The van der Waals surface area contributed by atoms with E-state index in [1.807, 2.05) is 6.92 Å². The van der Waals surface area contributed by atoms with Crippen molar-refractivity contribution in [2.24, 2.45) is 0 Å². The number of rotatable bonds is 8. The highest BCUT2D eigenvalue weighted by Gasteiger charge is 2.15. The number of Topliss-reactive ketones (excluding diaryl/α,β-unsaturated/α-hetero) is 1. The first-order valence-electron chi connectivity index (χ1n) is 7.80. The molecular formula is C18H19NO5S. The van der Waals surface area contributed by atoms with Gasteiger partial charge in [-0.05, 0) is 30.7 Å². The van der Waals surface area contributed by atoms with Crippen molar-refractivity contribution >= 4 is 27.5 Å². The van der Waals surface area contributed by atoms with E-state index in [0.717, 1.165) is 0 Å². The van der Waals surface area contributed by atoms with Crippen LogP contribution < -0.4 is 5.32 Å². The Bertz CT molecular complexity index is 830. The fraction of sp³-hybridized carbons (Fsp3) is 0.222. The quantitative estimate of drug-likeness (QED) is 0.443. The van der Waals surface area contributed by atoms with Gasteiger partial charge in [-0.25, -0.2) is 0 Å². The lowest BCUT2D eigenvalue weighted by Gasteiger charge is -2.07. The minimum Gasteiger partial charge on any atom is -0.326 e. The van der Waals surface area contributed by atoms with Gasteiger partial charge in [-0.3, -0.25) is 13.8 Å². The van der Waals surface area contributed by atoms with Gasteiger partial charge in [-0.2, -0.15) is 8.42 Å². The van der Waals surface area contributed by atoms with Gasteiger partial charge in [0.1, 0.15) is 0 Å². The van der Waals surface area contributed by atoms with E-state index < -0.39 is 16.0 Å². The number of anilines is 1. The fourth-order valence-corrected chi connectivity index (χ4v) is 3.03. The molecule has 0 aliphatic rings. The van der Waals surface area contributed by atoms with Crippen LogP contribution in [-0.4, -0.2) is 26.7 Å². The zero-order valence-corrected chi connectivity index (χ0v) is 14.6. The van der Waals surface area contributed by atoms with E-state index >= 15 is 0 Å². The number of nitrogens with one attached hydrogen (secondary N) is 1. The molecule has 0 aliphatic carbocycles. The summed E-state index contributed by atoms with van der Waals surface area (Å²) < 4.78 is 28.6. The molecule has 0 saturated heterocycles. The standard InChI is InChI=1S/C18H19NO5S/c1-2-12-24-25(22,23)16-10-8-15(9-11-16)19-18(21)13-17(20)14-6-4-3-5-7-14/h3-11H,2,12-13H2,1H3,(H,19,21). The van der Waals surface area contributed by atoms with Gasteiger partial charge in [0.05, 0.1) is 17.9 Å². The van der Waals surface area contributed by atoms with Gasteiger partial charge in [0.2, 0.25) is 5.91 Å². The smallest absolute Gasteiger partial charge is 0.296 e. The lowest BCUT2D eigenvalue weighted by Crippen LogP contribution is -2.16. The molecule has 0 spiro atoms. The van der Waals surface area contributed by atoms with Crippen LogP contribution in [0.2, 0.25) is 0 Å². The van der Waals surface area contributed by atoms with Gasteiger partial charge in [-0.15, -0.1) is 0 Å². The molecule has 25 heavy (non-hydrogen) atoms. The van der Waals surface area contributed by atoms with Gasteiger partial charge in [0, 0.05) is 11.3 Å². The first kappa shape index (κ1) is 18.8. The first-order valence-corrected chi connectivity index (χ1v) is 9.21. The van der Waals surface area contributed by atoms with Crippen molar-refractivity contribution < 1.29 is 22.2 Å². The third-order valence-electron chi connectivity index (χ3n) is 3.29. The second-order valence-electron chi connectivity index (χ2n) is 5.31. The number of hydrogen-bond donors (Lipinski definition) is 1. The predicted molar refractivity (Wildman–Crippen MR) is 93.9 cm³/mol. The molecule has 1 amide bonds. The Morgan fingerprint density at radius 1 is 1.00 bits per heavy atom. The molecule has 2 aromatic rings. The molecule has 6 nitrogen and oxygen atoms in total. The topological polar surface area (TPSA) is 89.5 Å². The molecule has 1 N–H and O–H groups in total. The highest BCUT2D eigenvalue weighted by atomic mass is 32.2. The molecule has 132 valence electrons. The number of benzene rings is 2. The van der Waals surface area contributed by atoms with Crippen molar-refractivity contribution in [1.29, 1.82) is 0 Å². The van der Waals surface area contributed by atoms with Crippen LogP contribution in [0, 0.1) is 0 Å². The maximum Gasteiger partial charge on any atom is 0.296 e. The number of ketones is 1. The highest BCUT2D eigenvalue weighted by molar-refractivity contribution is 7.86. The summed E-state index contributed by atoms with van der Waals surface area (Å²) in [6.07, 6.45) is 0.298. The van der Waals surface area contributed by atoms with E-state index in [9.17, 15) is 18.0 Å². The normalized spacial score (nSPS) is 11.1. The van der Waals surface area contributed by atoms with Crippen LogP contribution in [0.15, 0.2) is 59.5 Å². The summed E-state index contributed by atoms with van der Waals surface area (Å²) in [6, 6.07) is 14.1. The van der Waals surface area contributed by atoms with Crippen molar-refractivity contribution in [3.8, 4) is 0 Å². The number of hydrogen-bond acceptors (Lipinski definition) is 5. The van der Waals surface area contributed by atoms with Crippen LogP contribution >= 0.6 is 0 Å². The highest BCUT2D eigenvalue weighted by Crippen LogP contribution is 2.17. The maximum absolute atomic E-state index is 12.0. The minimum atomic E-state index is -3.79. The average molecular weight is 361 g/mol. The molecule has 2 aromatic carbocycles. The molecule has 0 fully saturated rings. The molecule has 0 aromatic heterocycles. The molecule has 0 unspecified atom stereocenters. The molecule has 0 aliphatic heterocycles. The molecule has 0 radical (unpaired) electrons. The van der Waals surface area contributed by atoms with E-state index in [1.54, 1.807) is 30.3 Å². The molecule has 0 saturated carbocycles. The Morgan fingerprint density at radius 3 is 2.24 bits per heavy atom. The van der Waals surface area contributed by atoms with E-state index in [-0.39, 0.29) is 23.7 Å². The third-order valence-corrected chi connectivity index (χ3v) is 4.61. The van der Waals surface area contributed by atoms with Crippen LogP contribution in [0.3, 0.4) is 0 Å². The van der Waals surface area contributed by atoms with Crippen molar-refractivity contribution in [1.82, 2.24) is 0 Å². The van der Waals surface area contributed by atoms with Gasteiger partial charge in [-0.1, -0.05) is 37.3 Å². The number of amides is 1. The summed E-state index contributed by atoms with van der Waals surface area (Å²) in [4.78, 5) is 23.9. The van der Waals surface area contributed by atoms with Crippen LogP contribution in [-0.2, 0) is 19.1 Å². The fourth-order valence-electron chi connectivity index (χ4n) is 2.04. The Morgan fingerprint density at radius 2 is 1.64 bits per heavy atom. The summed E-state index contributed by atoms with van der Waals surface area (Å²) >= 11 is 0. The molecule has 7 heteroatoms. The van der Waals surface area contributed by atoms with Crippen molar-refractivity contribution in [2.75, 3.05) is 11.9 Å². The molecule has 0 heterocycles. The Kier molecular flexibility index (Phi) is 6.44.